The van der Waals surface area contributed by atoms with Crippen molar-refractivity contribution in [1.29, 1.82) is 0 Å². The lowest BCUT2D eigenvalue weighted by molar-refractivity contribution is 0.182. The molecule has 2 rings (SSSR count). The summed E-state index contributed by atoms with van der Waals surface area (Å²) in [4.78, 5) is 0. The Bertz CT molecular complexity index is 402. The maximum Gasteiger partial charge on any atom is 0.498 e. The zero-order chi connectivity index (χ0) is 13.0. The zero-order valence-corrected chi connectivity index (χ0v) is 10.5. The van der Waals surface area contributed by atoms with Crippen LogP contribution in [0, 0.1) is 0 Å². The number of aliphatic hydroxyl groups is 1. The molecule has 0 fully saturated rings. The lowest BCUT2D eigenvalue weighted by Crippen LogP contribution is -2.32. The molecule has 0 radical (unpaired) electrons. The van der Waals surface area contributed by atoms with Gasteiger partial charge in [-0.2, -0.15) is 0 Å². The lowest BCUT2D eigenvalue weighted by atomic mass is 9.78. The van der Waals surface area contributed by atoms with Gasteiger partial charge in [-0.05, 0) is 11.6 Å². The summed E-state index contributed by atoms with van der Waals surface area (Å²) in [6.07, 6.45) is 0.453. The van der Waals surface area contributed by atoms with Crippen molar-refractivity contribution in [3.63, 3.8) is 0 Å². The lowest BCUT2D eigenvalue weighted by Gasteiger charge is -2.11. The summed E-state index contributed by atoms with van der Waals surface area (Å²) in [6, 6.07) is 5.77. The van der Waals surface area contributed by atoms with E-state index < -0.39 is 7.12 Å². The fraction of sp³-hybridized carbons (Fsp3) is 0.500. The number of rotatable bonds is 6. The molecule has 0 bridgehead atoms. The summed E-state index contributed by atoms with van der Waals surface area (Å²) in [5.41, 5.74) is 7.61. The Hall–Kier alpha value is -1.08. The highest BCUT2D eigenvalue weighted by molar-refractivity contribution is 6.64. The summed E-state index contributed by atoms with van der Waals surface area (Å²) in [5, 5.41) is 8.77. The standard InChI is InChI=1S/C12H18BNO4/c1-16-13-12-9(11(8-14)18-13)4-2-5-10(12)17-7-3-6-15/h2,4-5,11,15H,3,6-8,14H2,1H3. The van der Waals surface area contributed by atoms with Gasteiger partial charge in [0.25, 0.3) is 0 Å². The largest absolute Gasteiger partial charge is 0.498 e. The quantitative estimate of drug-likeness (QED) is 0.542. The second-order valence-electron chi connectivity index (χ2n) is 4.11. The molecule has 0 spiro atoms. The van der Waals surface area contributed by atoms with Gasteiger partial charge in [0.2, 0.25) is 0 Å². The highest BCUT2D eigenvalue weighted by atomic mass is 16.6. The Labute approximate surface area is 107 Å². The monoisotopic (exact) mass is 251 g/mol. The minimum atomic E-state index is -0.432. The molecule has 1 aromatic rings. The molecule has 1 aliphatic heterocycles. The van der Waals surface area contributed by atoms with Crippen LogP contribution in [0.2, 0.25) is 0 Å². The highest BCUT2D eigenvalue weighted by Gasteiger charge is 2.38. The smallest absolute Gasteiger partial charge is 0.494 e. The number of nitrogens with two attached hydrogens (primary N) is 1. The average Bonchev–Trinajstić information content (AvgIpc) is 2.78. The third kappa shape index (κ3) is 2.51. The summed E-state index contributed by atoms with van der Waals surface area (Å²) < 4.78 is 16.7. The van der Waals surface area contributed by atoms with Gasteiger partial charge in [-0.15, -0.1) is 0 Å². The number of benzene rings is 1. The van der Waals surface area contributed by atoms with Gasteiger partial charge in [0.15, 0.2) is 0 Å². The first kappa shape index (κ1) is 13.4. The number of aliphatic hydroxyl groups excluding tert-OH is 1. The van der Waals surface area contributed by atoms with E-state index in [1.54, 1.807) is 7.11 Å². The zero-order valence-electron chi connectivity index (χ0n) is 10.5. The van der Waals surface area contributed by atoms with Gasteiger partial charge in [-0.1, -0.05) is 12.1 Å². The van der Waals surface area contributed by atoms with Crippen molar-refractivity contribution in [3.05, 3.63) is 23.8 Å². The molecule has 0 aromatic heterocycles. The van der Waals surface area contributed by atoms with Crippen LogP contribution in [0.4, 0.5) is 0 Å². The molecule has 1 atom stereocenters. The van der Waals surface area contributed by atoms with Gasteiger partial charge < -0.3 is 24.9 Å². The maximum atomic E-state index is 8.77. The number of hydrogen-bond acceptors (Lipinski definition) is 5. The Morgan fingerprint density at radius 2 is 2.33 bits per heavy atom. The minimum absolute atomic E-state index is 0.116. The number of ether oxygens (including phenoxy) is 1. The molecule has 1 heterocycles. The first-order chi connectivity index (χ1) is 8.81. The molecule has 0 aliphatic carbocycles. The van der Waals surface area contributed by atoms with E-state index in [4.69, 9.17) is 24.9 Å². The molecule has 1 unspecified atom stereocenters. The van der Waals surface area contributed by atoms with Crippen LogP contribution in [0.25, 0.3) is 0 Å². The fourth-order valence-corrected chi connectivity index (χ4v) is 2.11. The summed E-state index contributed by atoms with van der Waals surface area (Å²) in [6.45, 7) is 0.994. The van der Waals surface area contributed by atoms with Crippen molar-refractivity contribution in [1.82, 2.24) is 0 Å². The van der Waals surface area contributed by atoms with Crippen molar-refractivity contribution in [3.8, 4) is 5.75 Å². The van der Waals surface area contributed by atoms with Crippen LogP contribution in [0.15, 0.2) is 18.2 Å². The predicted octanol–water partition coefficient (Wildman–Crippen LogP) is -0.181. The Morgan fingerprint density at radius 3 is 3.00 bits per heavy atom. The van der Waals surface area contributed by atoms with Crippen LogP contribution in [-0.2, 0) is 9.31 Å². The van der Waals surface area contributed by atoms with Crippen molar-refractivity contribution >= 4 is 12.6 Å². The molecular weight excluding hydrogens is 233 g/mol. The molecule has 6 heteroatoms. The minimum Gasteiger partial charge on any atom is -0.494 e. The Balaban J connectivity index is 2.24. The molecule has 0 saturated heterocycles. The number of hydrogen-bond donors (Lipinski definition) is 2. The Kier molecular flexibility index (Phi) is 4.60. The summed E-state index contributed by atoms with van der Waals surface area (Å²) in [5.74, 6) is 0.740. The van der Waals surface area contributed by atoms with Gasteiger partial charge in [-0.3, -0.25) is 0 Å². The summed E-state index contributed by atoms with van der Waals surface area (Å²) >= 11 is 0. The van der Waals surface area contributed by atoms with E-state index in [-0.39, 0.29) is 12.7 Å². The molecule has 0 amide bonds. The third-order valence-electron chi connectivity index (χ3n) is 2.96. The topological polar surface area (TPSA) is 73.9 Å². The van der Waals surface area contributed by atoms with E-state index in [0.717, 1.165) is 16.8 Å². The predicted molar refractivity (Wildman–Crippen MR) is 68.9 cm³/mol. The van der Waals surface area contributed by atoms with Gasteiger partial charge in [0.05, 0.1) is 12.7 Å². The van der Waals surface area contributed by atoms with Gasteiger partial charge in [-0.25, -0.2) is 0 Å². The van der Waals surface area contributed by atoms with E-state index in [2.05, 4.69) is 0 Å². The van der Waals surface area contributed by atoms with Crippen LogP contribution >= 0.6 is 0 Å². The summed E-state index contributed by atoms with van der Waals surface area (Å²) in [7, 11) is 1.16. The van der Waals surface area contributed by atoms with E-state index in [9.17, 15) is 0 Å². The van der Waals surface area contributed by atoms with Crippen LogP contribution in [0.1, 0.15) is 18.1 Å². The van der Waals surface area contributed by atoms with Crippen LogP contribution in [-0.4, -0.2) is 39.1 Å². The molecular formula is C12H18BNO4. The Morgan fingerprint density at radius 1 is 1.50 bits per heavy atom. The van der Waals surface area contributed by atoms with E-state index >= 15 is 0 Å². The third-order valence-corrected chi connectivity index (χ3v) is 2.96. The normalized spacial score (nSPS) is 17.9. The van der Waals surface area contributed by atoms with E-state index in [1.165, 1.54) is 0 Å². The van der Waals surface area contributed by atoms with E-state index in [0.29, 0.717) is 19.6 Å². The molecule has 98 valence electrons. The van der Waals surface area contributed by atoms with Crippen molar-refractivity contribution in [2.75, 3.05) is 26.9 Å². The molecule has 0 saturated carbocycles. The van der Waals surface area contributed by atoms with Gasteiger partial charge in [0.1, 0.15) is 5.75 Å². The second kappa shape index (κ2) is 6.20. The molecule has 1 aromatic carbocycles. The molecule has 1 aliphatic rings. The van der Waals surface area contributed by atoms with Crippen LogP contribution in [0.3, 0.4) is 0 Å². The van der Waals surface area contributed by atoms with Gasteiger partial charge in [0, 0.05) is 32.1 Å². The van der Waals surface area contributed by atoms with Crippen molar-refractivity contribution in [2.45, 2.75) is 12.5 Å². The SMILES string of the molecule is COB1OC(CN)c2cccc(OCCCO)c21. The van der Waals surface area contributed by atoms with Crippen molar-refractivity contribution in [2.24, 2.45) is 5.73 Å². The van der Waals surface area contributed by atoms with Crippen LogP contribution < -0.4 is 15.9 Å². The molecule has 5 nitrogen and oxygen atoms in total. The molecule has 18 heavy (non-hydrogen) atoms. The van der Waals surface area contributed by atoms with Crippen molar-refractivity contribution < 1.29 is 19.2 Å². The second-order valence-corrected chi connectivity index (χ2v) is 4.11. The average molecular weight is 251 g/mol. The molecule has 3 N–H and O–H groups in total. The van der Waals surface area contributed by atoms with Crippen LogP contribution in [0.5, 0.6) is 5.75 Å². The maximum absolute atomic E-state index is 8.77. The van der Waals surface area contributed by atoms with E-state index in [1.807, 2.05) is 18.2 Å². The fourth-order valence-electron chi connectivity index (χ4n) is 2.11. The first-order valence-corrected chi connectivity index (χ1v) is 6.06. The van der Waals surface area contributed by atoms with Gasteiger partial charge >= 0.3 is 7.12 Å². The first-order valence-electron chi connectivity index (χ1n) is 6.06. The number of fused-ring (bicyclic) bond motifs is 1. The highest BCUT2D eigenvalue weighted by Crippen LogP contribution is 2.27.